The predicted octanol–water partition coefficient (Wildman–Crippen LogP) is 2.46. The van der Waals surface area contributed by atoms with Crippen molar-refractivity contribution in [1.29, 1.82) is 0 Å². The van der Waals surface area contributed by atoms with Gasteiger partial charge in [0.1, 0.15) is 40.2 Å². The number of benzene rings is 1. The van der Waals surface area contributed by atoms with E-state index in [1.54, 1.807) is 12.3 Å². The number of hydrogen-bond acceptors (Lipinski definition) is 8. The first-order chi connectivity index (χ1) is 14.4. The highest BCUT2D eigenvalue weighted by molar-refractivity contribution is 7.89. The van der Waals surface area contributed by atoms with E-state index in [0.29, 0.717) is 17.5 Å². The molecule has 2 aromatic heterocycles. The van der Waals surface area contributed by atoms with Crippen LogP contribution in [0.3, 0.4) is 0 Å². The molecule has 0 bridgehead atoms. The molecule has 3 rings (SSSR count). The highest BCUT2D eigenvalue weighted by Crippen LogP contribution is 2.24. The maximum absolute atomic E-state index is 13.5. The largest absolute Gasteiger partial charge is 0.495 e. The normalized spacial score (nSPS) is 11.2. The lowest BCUT2D eigenvalue weighted by Crippen LogP contribution is -2.29. The molecule has 3 aromatic rings. The minimum atomic E-state index is -3.94. The van der Waals surface area contributed by atoms with Gasteiger partial charge in [0.25, 0.3) is 0 Å². The third-order valence-electron chi connectivity index (χ3n) is 3.98. The SMILES string of the molecule is COc1ccc(F)cc1S(=O)(=O)NCCNc1cc(Nc2cc(C)ccn2)ncn1. The topological polar surface area (TPSA) is 118 Å². The van der Waals surface area contributed by atoms with Crippen LogP contribution in [0.2, 0.25) is 0 Å². The number of nitrogens with one attached hydrogen (secondary N) is 3. The Kier molecular flexibility index (Phi) is 6.75. The lowest BCUT2D eigenvalue weighted by atomic mass is 10.3. The van der Waals surface area contributed by atoms with Crippen LogP contribution in [-0.4, -0.2) is 43.6 Å². The molecule has 2 heterocycles. The monoisotopic (exact) mass is 432 g/mol. The standard InChI is InChI=1S/C19H21FN6O3S/c1-13-5-6-21-18(9-13)26-19-11-17(23-12-24-19)22-7-8-25-30(27,28)16-10-14(20)3-4-15(16)29-2/h3-6,9-12,25H,7-8H2,1-2H3,(H2,21,22,23,24,26). The Morgan fingerprint density at radius 3 is 2.53 bits per heavy atom. The summed E-state index contributed by atoms with van der Waals surface area (Å²) in [5.74, 6) is 1.08. The zero-order valence-corrected chi connectivity index (χ0v) is 17.2. The predicted molar refractivity (Wildman–Crippen MR) is 111 cm³/mol. The van der Waals surface area contributed by atoms with Crippen molar-refractivity contribution < 1.29 is 17.5 Å². The van der Waals surface area contributed by atoms with E-state index < -0.39 is 15.8 Å². The first-order valence-electron chi connectivity index (χ1n) is 8.96. The van der Waals surface area contributed by atoms with Gasteiger partial charge >= 0.3 is 0 Å². The molecule has 0 spiro atoms. The van der Waals surface area contributed by atoms with Crippen LogP contribution >= 0.6 is 0 Å². The summed E-state index contributed by atoms with van der Waals surface area (Å²) in [4.78, 5) is 12.2. The zero-order valence-electron chi connectivity index (χ0n) is 16.4. The number of aromatic nitrogens is 3. The highest BCUT2D eigenvalue weighted by atomic mass is 32.2. The molecule has 0 aliphatic carbocycles. The number of halogens is 1. The van der Waals surface area contributed by atoms with Gasteiger partial charge in [0.2, 0.25) is 10.0 Å². The fourth-order valence-electron chi connectivity index (χ4n) is 2.57. The third-order valence-corrected chi connectivity index (χ3v) is 5.46. The Bertz CT molecular complexity index is 1130. The lowest BCUT2D eigenvalue weighted by molar-refractivity contribution is 0.400. The molecule has 0 saturated carbocycles. The molecule has 158 valence electrons. The average molecular weight is 432 g/mol. The summed E-state index contributed by atoms with van der Waals surface area (Å²) in [5, 5.41) is 6.08. The van der Waals surface area contributed by atoms with Gasteiger partial charge < -0.3 is 15.4 Å². The van der Waals surface area contributed by atoms with E-state index in [1.807, 2.05) is 19.1 Å². The third kappa shape index (κ3) is 5.61. The minimum absolute atomic E-state index is 0.0498. The van der Waals surface area contributed by atoms with E-state index in [0.717, 1.165) is 17.7 Å². The van der Waals surface area contributed by atoms with Gasteiger partial charge in [0, 0.05) is 25.4 Å². The molecule has 30 heavy (non-hydrogen) atoms. The van der Waals surface area contributed by atoms with Crippen molar-refractivity contribution in [2.24, 2.45) is 0 Å². The van der Waals surface area contributed by atoms with Gasteiger partial charge in [-0.2, -0.15) is 0 Å². The molecule has 0 amide bonds. The molecule has 9 nitrogen and oxygen atoms in total. The van der Waals surface area contributed by atoms with Gasteiger partial charge in [-0.05, 0) is 42.8 Å². The number of pyridine rings is 1. The average Bonchev–Trinajstić information content (AvgIpc) is 2.71. The summed E-state index contributed by atoms with van der Waals surface area (Å²) >= 11 is 0. The van der Waals surface area contributed by atoms with Gasteiger partial charge in [-0.15, -0.1) is 0 Å². The van der Waals surface area contributed by atoms with Crippen molar-refractivity contribution in [3.8, 4) is 5.75 Å². The first kappa shape index (κ1) is 21.4. The second kappa shape index (κ2) is 9.46. The maximum Gasteiger partial charge on any atom is 0.244 e. The van der Waals surface area contributed by atoms with Gasteiger partial charge in [0.05, 0.1) is 7.11 Å². The fraction of sp³-hybridized carbons (Fsp3) is 0.211. The minimum Gasteiger partial charge on any atom is -0.495 e. The first-order valence-corrected chi connectivity index (χ1v) is 10.4. The van der Waals surface area contributed by atoms with Crippen LogP contribution < -0.4 is 20.1 Å². The van der Waals surface area contributed by atoms with Gasteiger partial charge in [-0.25, -0.2) is 32.5 Å². The second-order valence-electron chi connectivity index (χ2n) is 6.25. The molecular formula is C19H21FN6O3S. The van der Waals surface area contributed by atoms with Crippen molar-refractivity contribution in [3.63, 3.8) is 0 Å². The molecular weight excluding hydrogens is 411 g/mol. The summed E-state index contributed by atoms with van der Waals surface area (Å²) in [7, 11) is -2.62. The molecule has 3 N–H and O–H groups in total. The van der Waals surface area contributed by atoms with Crippen LogP contribution in [0.4, 0.5) is 21.8 Å². The fourth-order valence-corrected chi connectivity index (χ4v) is 3.78. The van der Waals surface area contributed by atoms with Crippen LogP contribution in [-0.2, 0) is 10.0 Å². The number of nitrogens with zero attached hydrogens (tertiary/aromatic N) is 3. The molecule has 0 radical (unpaired) electrons. The van der Waals surface area contributed by atoms with Crippen molar-refractivity contribution in [2.75, 3.05) is 30.8 Å². The van der Waals surface area contributed by atoms with Crippen molar-refractivity contribution in [3.05, 3.63) is 60.3 Å². The highest BCUT2D eigenvalue weighted by Gasteiger charge is 2.19. The molecule has 0 fully saturated rings. The van der Waals surface area contributed by atoms with E-state index in [9.17, 15) is 12.8 Å². The molecule has 0 aliphatic rings. The summed E-state index contributed by atoms with van der Waals surface area (Å²) in [6, 6.07) is 8.75. The molecule has 0 saturated heterocycles. The van der Waals surface area contributed by atoms with Crippen LogP contribution in [0.1, 0.15) is 5.56 Å². The Morgan fingerprint density at radius 1 is 1.00 bits per heavy atom. The van der Waals surface area contributed by atoms with Crippen LogP contribution in [0.25, 0.3) is 0 Å². The summed E-state index contributed by atoms with van der Waals surface area (Å²) < 4.78 is 45.7. The molecule has 0 atom stereocenters. The number of methoxy groups -OCH3 is 1. The summed E-state index contributed by atoms with van der Waals surface area (Å²) in [5.41, 5.74) is 1.06. The number of hydrogen-bond donors (Lipinski definition) is 3. The van der Waals surface area contributed by atoms with E-state index in [1.165, 1.54) is 19.5 Å². The summed E-state index contributed by atoms with van der Waals surface area (Å²) in [6.07, 6.45) is 3.07. The van der Waals surface area contributed by atoms with Crippen molar-refractivity contribution >= 4 is 27.5 Å². The molecule has 1 aromatic carbocycles. The number of anilines is 3. The number of sulfonamides is 1. The quantitative estimate of drug-likeness (QED) is 0.441. The maximum atomic E-state index is 13.5. The van der Waals surface area contributed by atoms with E-state index in [2.05, 4.69) is 30.3 Å². The zero-order chi connectivity index (χ0) is 21.6. The van der Waals surface area contributed by atoms with Crippen LogP contribution in [0.5, 0.6) is 5.75 Å². The Labute approximate surface area is 173 Å². The molecule has 0 aliphatic heterocycles. The van der Waals surface area contributed by atoms with Gasteiger partial charge in [-0.1, -0.05) is 0 Å². The Balaban J connectivity index is 1.57. The van der Waals surface area contributed by atoms with Gasteiger partial charge in [-0.3, -0.25) is 0 Å². The smallest absolute Gasteiger partial charge is 0.244 e. The van der Waals surface area contributed by atoms with Crippen molar-refractivity contribution in [1.82, 2.24) is 19.7 Å². The Hall–Kier alpha value is -3.31. The lowest BCUT2D eigenvalue weighted by Gasteiger charge is -2.12. The van der Waals surface area contributed by atoms with Gasteiger partial charge in [0.15, 0.2) is 0 Å². The number of ether oxygens (including phenoxy) is 1. The summed E-state index contributed by atoms with van der Waals surface area (Å²) in [6.45, 7) is 2.25. The van der Waals surface area contributed by atoms with Crippen LogP contribution in [0, 0.1) is 12.7 Å². The molecule has 0 unspecified atom stereocenters. The van der Waals surface area contributed by atoms with Crippen molar-refractivity contribution in [2.45, 2.75) is 11.8 Å². The molecule has 11 heteroatoms. The van der Waals surface area contributed by atoms with Crippen LogP contribution in [0.15, 0.2) is 53.8 Å². The van der Waals surface area contributed by atoms with E-state index >= 15 is 0 Å². The number of rotatable bonds is 9. The number of aryl methyl sites for hydroxylation is 1. The van der Waals surface area contributed by atoms with E-state index in [-0.39, 0.29) is 23.7 Å². The second-order valence-corrected chi connectivity index (χ2v) is 7.99. The van der Waals surface area contributed by atoms with E-state index in [4.69, 9.17) is 4.74 Å². The Morgan fingerprint density at radius 2 is 1.77 bits per heavy atom.